The summed E-state index contributed by atoms with van der Waals surface area (Å²) in [5.41, 5.74) is 3.09. The molecule has 1 N–H and O–H groups in total. The van der Waals surface area contributed by atoms with Gasteiger partial charge in [-0.05, 0) is 55.4 Å². The number of oxime groups is 1. The Morgan fingerprint density at radius 3 is 3.06 bits per heavy atom. The van der Waals surface area contributed by atoms with Crippen LogP contribution in [-0.4, -0.2) is 29.5 Å². The van der Waals surface area contributed by atoms with E-state index in [1.165, 1.54) is 5.56 Å². The van der Waals surface area contributed by atoms with Crippen LogP contribution in [0.3, 0.4) is 0 Å². The molecule has 1 aromatic carbocycles. The molecule has 0 bridgehead atoms. The number of hydrogen-bond donors (Lipinski definition) is 1. The van der Waals surface area contributed by atoms with Crippen LogP contribution in [-0.2, 0) is 6.42 Å². The maximum atomic E-state index is 9.02. The third-order valence-electron chi connectivity index (χ3n) is 3.13. The summed E-state index contributed by atoms with van der Waals surface area (Å²) in [5, 5.41) is 12.4. The predicted molar refractivity (Wildman–Crippen MR) is 76.2 cm³/mol. The molecule has 0 heterocycles. The van der Waals surface area contributed by atoms with Crippen molar-refractivity contribution in [2.45, 2.75) is 25.7 Å². The summed E-state index contributed by atoms with van der Waals surface area (Å²) in [4.78, 5) is 0. The van der Waals surface area contributed by atoms with Crippen LogP contribution in [0.2, 0.25) is 0 Å². The molecule has 4 heteroatoms. The molecule has 1 aliphatic rings. The summed E-state index contributed by atoms with van der Waals surface area (Å²) in [6.07, 6.45) is 6.11. The van der Waals surface area contributed by atoms with Crippen molar-refractivity contribution in [1.82, 2.24) is 0 Å². The van der Waals surface area contributed by atoms with Gasteiger partial charge in [0.25, 0.3) is 0 Å². The van der Waals surface area contributed by atoms with Crippen molar-refractivity contribution in [2.75, 3.05) is 18.6 Å². The van der Waals surface area contributed by atoms with E-state index >= 15 is 0 Å². The Kier molecular flexibility index (Phi) is 4.93. The van der Waals surface area contributed by atoms with Gasteiger partial charge in [0.2, 0.25) is 0 Å². The van der Waals surface area contributed by atoms with Gasteiger partial charge < -0.3 is 9.94 Å². The molecule has 1 aromatic rings. The molecule has 0 aliphatic heterocycles. The van der Waals surface area contributed by atoms with Crippen LogP contribution in [0.15, 0.2) is 23.4 Å². The van der Waals surface area contributed by atoms with Gasteiger partial charge in [-0.2, -0.15) is 11.8 Å². The summed E-state index contributed by atoms with van der Waals surface area (Å²) in [5.74, 6) is 1.99. The molecule has 0 radical (unpaired) electrons. The van der Waals surface area contributed by atoms with Gasteiger partial charge in [0.05, 0.1) is 12.3 Å². The minimum absolute atomic E-state index is 0.741. The molecule has 0 amide bonds. The topological polar surface area (TPSA) is 41.8 Å². The van der Waals surface area contributed by atoms with E-state index in [4.69, 9.17) is 9.94 Å². The lowest BCUT2D eigenvalue weighted by Gasteiger charge is -2.17. The maximum absolute atomic E-state index is 9.02. The normalized spacial score (nSPS) is 16.6. The third-order valence-corrected chi connectivity index (χ3v) is 3.83. The molecule has 0 aromatic heterocycles. The SMILES string of the molecule is CSCCCOc1ccc2c(c1)/C(=N\O)CCC2. The van der Waals surface area contributed by atoms with E-state index in [0.717, 1.165) is 55.1 Å². The number of rotatable bonds is 5. The Balaban J connectivity index is 2.06. The first-order chi connectivity index (χ1) is 8.85. The molecule has 0 atom stereocenters. The molecule has 98 valence electrons. The summed E-state index contributed by atoms with van der Waals surface area (Å²) < 4.78 is 5.72. The van der Waals surface area contributed by atoms with Crippen molar-refractivity contribution >= 4 is 17.5 Å². The minimum atomic E-state index is 0.741. The van der Waals surface area contributed by atoms with Gasteiger partial charge in [0, 0.05) is 5.56 Å². The Morgan fingerprint density at radius 2 is 2.28 bits per heavy atom. The molecule has 1 aliphatic carbocycles. The molecular formula is C14H19NO2S. The second-order valence-corrected chi connectivity index (χ2v) is 5.40. The van der Waals surface area contributed by atoms with Crippen molar-refractivity contribution < 1.29 is 9.94 Å². The molecule has 2 rings (SSSR count). The molecule has 0 saturated heterocycles. The van der Waals surface area contributed by atoms with E-state index in [9.17, 15) is 0 Å². The van der Waals surface area contributed by atoms with E-state index in [1.54, 1.807) is 0 Å². The number of hydrogen-bond acceptors (Lipinski definition) is 4. The van der Waals surface area contributed by atoms with Crippen molar-refractivity contribution in [3.05, 3.63) is 29.3 Å². The predicted octanol–water partition coefficient (Wildman–Crippen LogP) is 3.33. The van der Waals surface area contributed by atoms with Gasteiger partial charge in [0.15, 0.2) is 0 Å². The summed E-state index contributed by atoms with van der Waals surface area (Å²) in [6.45, 7) is 0.741. The van der Waals surface area contributed by atoms with Crippen LogP contribution < -0.4 is 4.74 Å². The van der Waals surface area contributed by atoms with E-state index < -0.39 is 0 Å². The van der Waals surface area contributed by atoms with Gasteiger partial charge in [-0.25, -0.2) is 0 Å². The molecule has 0 unspecified atom stereocenters. The lowest BCUT2D eigenvalue weighted by Crippen LogP contribution is -2.12. The van der Waals surface area contributed by atoms with Gasteiger partial charge >= 0.3 is 0 Å². The van der Waals surface area contributed by atoms with Crippen molar-refractivity contribution in [3.63, 3.8) is 0 Å². The number of aryl methyl sites for hydroxylation is 1. The zero-order valence-electron chi connectivity index (χ0n) is 10.7. The van der Waals surface area contributed by atoms with Crippen LogP contribution in [0.25, 0.3) is 0 Å². The highest BCUT2D eigenvalue weighted by molar-refractivity contribution is 7.98. The van der Waals surface area contributed by atoms with Crippen molar-refractivity contribution in [3.8, 4) is 5.75 Å². The zero-order chi connectivity index (χ0) is 12.8. The van der Waals surface area contributed by atoms with Crippen molar-refractivity contribution in [1.29, 1.82) is 0 Å². The van der Waals surface area contributed by atoms with Gasteiger partial charge in [-0.1, -0.05) is 11.2 Å². The summed E-state index contributed by atoms with van der Waals surface area (Å²) in [7, 11) is 0. The lowest BCUT2D eigenvalue weighted by molar-refractivity contribution is 0.316. The van der Waals surface area contributed by atoms with Crippen LogP contribution in [0.4, 0.5) is 0 Å². The lowest BCUT2D eigenvalue weighted by atomic mass is 9.90. The number of nitrogens with zero attached hydrogens (tertiary/aromatic N) is 1. The molecule has 0 saturated carbocycles. The van der Waals surface area contributed by atoms with Crippen LogP contribution >= 0.6 is 11.8 Å². The van der Waals surface area contributed by atoms with E-state index in [2.05, 4.69) is 17.5 Å². The highest BCUT2D eigenvalue weighted by Crippen LogP contribution is 2.26. The first-order valence-electron chi connectivity index (χ1n) is 6.31. The monoisotopic (exact) mass is 265 g/mol. The average molecular weight is 265 g/mol. The van der Waals surface area contributed by atoms with Gasteiger partial charge in [0.1, 0.15) is 5.75 Å². The van der Waals surface area contributed by atoms with E-state index in [0.29, 0.717) is 0 Å². The Morgan fingerprint density at radius 1 is 1.39 bits per heavy atom. The van der Waals surface area contributed by atoms with Crippen LogP contribution in [0.1, 0.15) is 30.4 Å². The smallest absolute Gasteiger partial charge is 0.119 e. The summed E-state index contributed by atoms with van der Waals surface area (Å²) >= 11 is 1.83. The van der Waals surface area contributed by atoms with Gasteiger partial charge in [-0.15, -0.1) is 0 Å². The Bertz CT molecular complexity index is 432. The second kappa shape index (κ2) is 6.69. The van der Waals surface area contributed by atoms with E-state index in [-0.39, 0.29) is 0 Å². The van der Waals surface area contributed by atoms with Crippen LogP contribution in [0, 0.1) is 0 Å². The van der Waals surface area contributed by atoms with Crippen molar-refractivity contribution in [2.24, 2.45) is 5.16 Å². The number of thioether (sulfide) groups is 1. The second-order valence-electron chi connectivity index (χ2n) is 4.41. The maximum Gasteiger partial charge on any atom is 0.119 e. The van der Waals surface area contributed by atoms with Gasteiger partial charge in [-0.3, -0.25) is 0 Å². The first kappa shape index (κ1) is 13.3. The largest absolute Gasteiger partial charge is 0.494 e. The minimum Gasteiger partial charge on any atom is -0.494 e. The Labute approximate surface area is 112 Å². The molecule has 3 nitrogen and oxygen atoms in total. The molecule has 18 heavy (non-hydrogen) atoms. The number of benzene rings is 1. The van der Waals surface area contributed by atoms with Crippen LogP contribution in [0.5, 0.6) is 5.75 Å². The Hall–Kier alpha value is -1.16. The average Bonchev–Trinajstić information content (AvgIpc) is 2.43. The quantitative estimate of drug-likeness (QED) is 0.504. The number of fused-ring (bicyclic) bond motifs is 1. The highest BCUT2D eigenvalue weighted by Gasteiger charge is 2.16. The highest BCUT2D eigenvalue weighted by atomic mass is 32.2. The first-order valence-corrected chi connectivity index (χ1v) is 7.70. The fourth-order valence-electron chi connectivity index (χ4n) is 2.21. The fourth-order valence-corrected chi connectivity index (χ4v) is 2.62. The summed E-state index contributed by atoms with van der Waals surface area (Å²) in [6, 6.07) is 6.10. The molecule has 0 fully saturated rings. The molecular weight excluding hydrogens is 246 g/mol. The fraction of sp³-hybridized carbons (Fsp3) is 0.500. The van der Waals surface area contributed by atoms with E-state index in [1.807, 2.05) is 23.9 Å². The third kappa shape index (κ3) is 3.19. The zero-order valence-corrected chi connectivity index (χ0v) is 11.5. The standard InChI is InChI=1S/C14H19NO2S/c1-18-9-3-8-17-12-7-6-11-4-2-5-14(15-16)13(11)10-12/h6-7,10,16H,2-5,8-9H2,1H3/b15-14-. The number of ether oxygens (including phenoxy) is 1. The molecule has 0 spiro atoms.